The van der Waals surface area contributed by atoms with E-state index in [1.807, 2.05) is 24.3 Å². The van der Waals surface area contributed by atoms with Crippen molar-refractivity contribution in [2.24, 2.45) is 0 Å². The highest BCUT2D eigenvalue weighted by atomic mass is 16.3. The Morgan fingerprint density at radius 1 is 0.468 bits per heavy atom. The summed E-state index contributed by atoms with van der Waals surface area (Å²) in [6.07, 6.45) is 0. The summed E-state index contributed by atoms with van der Waals surface area (Å²) in [5.74, 6) is 0.635. The summed E-state index contributed by atoms with van der Waals surface area (Å²) < 4.78 is 8.41. The smallest absolute Gasteiger partial charge is 0.227 e. The molecule has 0 aliphatic carbocycles. The highest BCUT2D eigenvalue weighted by molar-refractivity contribution is 6.11. The molecule has 2 heterocycles. The van der Waals surface area contributed by atoms with Crippen molar-refractivity contribution in [2.75, 3.05) is 0 Å². The number of hydrogen-bond donors (Lipinski definition) is 0. The fourth-order valence-electron chi connectivity index (χ4n) is 6.84. The van der Waals surface area contributed by atoms with Crippen LogP contribution in [-0.4, -0.2) is 9.55 Å². The third kappa shape index (κ3) is 4.63. The second-order valence-electron chi connectivity index (χ2n) is 12.1. The van der Waals surface area contributed by atoms with Crippen LogP contribution < -0.4 is 0 Å². The zero-order chi connectivity index (χ0) is 31.3. The average molecular weight is 603 g/mol. The van der Waals surface area contributed by atoms with Crippen molar-refractivity contribution in [3.8, 4) is 50.5 Å². The number of aromatic nitrogens is 2. The van der Waals surface area contributed by atoms with Crippen molar-refractivity contribution in [2.45, 2.75) is 6.92 Å². The van der Waals surface area contributed by atoms with Gasteiger partial charge in [-0.2, -0.15) is 0 Å². The van der Waals surface area contributed by atoms with Crippen molar-refractivity contribution in [3.05, 3.63) is 169 Å². The summed E-state index contributed by atoms with van der Waals surface area (Å²) >= 11 is 0. The molecule has 0 atom stereocenters. The van der Waals surface area contributed by atoms with E-state index in [9.17, 15) is 0 Å². The quantitative estimate of drug-likeness (QED) is 0.196. The van der Waals surface area contributed by atoms with Gasteiger partial charge in [-0.1, -0.05) is 115 Å². The molecule has 2 aromatic heterocycles. The van der Waals surface area contributed by atoms with Crippen LogP contribution in [0, 0.1) is 6.92 Å². The molecule has 0 aliphatic heterocycles. The number of hydrogen-bond acceptors (Lipinski definition) is 2. The summed E-state index contributed by atoms with van der Waals surface area (Å²) in [6, 6.07) is 58.2. The Morgan fingerprint density at radius 2 is 1.04 bits per heavy atom. The van der Waals surface area contributed by atoms with Gasteiger partial charge in [0.1, 0.15) is 5.52 Å². The zero-order valence-electron chi connectivity index (χ0n) is 25.9. The molecule has 47 heavy (non-hydrogen) atoms. The molecule has 0 saturated carbocycles. The number of nitrogens with zero attached hydrogens (tertiary/aromatic N) is 2. The van der Waals surface area contributed by atoms with E-state index in [1.54, 1.807) is 0 Å². The molecule has 7 aromatic carbocycles. The van der Waals surface area contributed by atoms with Gasteiger partial charge in [0, 0.05) is 22.0 Å². The Balaban J connectivity index is 1.15. The molecule has 3 heteroatoms. The van der Waals surface area contributed by atoms with Crippen LogP contribution in [0.4, 0.5) is 0 Å². The summed E-state index contributed by atoms with van der Waals surface area (Å²) in [4.78, 5) is 4.69. The highest BCUT2D eigenvalue weighted by Crippen LogP contribution is 2.41. The Labute approximate surface area is 273 Å². The average Bonchev–Trinajstić information content (AvgIpc) is 3.72. The second kappa shape index (κ2) is 11.0. The van der Waals surface area contributed by atoms with Crippen LogP contribution in [0.2, 0.25) is 0 Å². The van der Waals surface area contributed by atoms with E-state index in [0.717, 1.165) is 22.2 Å². The topological polar surface area (TPSA) is 31.0 Å². The standard InChI is InChI=1S/C44H30N2O/c1-29-18-25-33(26-19-29)46-41-16-8-6-14-38(41)39-28-32(24-27-42(39)46)35-11-3-5-13-37(35)36-12-4-2-10-34(36)30-20-22-31(23-21-30)44-45-40-15-7-9-17-43(40)47-44/h2-28H,1H3. The van der Waals surface area contributed by atoms with Gasteiger partial charge in [-0.3, -0.25) is 0 Å². The molecule has 0 fully saturated rings. The summed E-state index contributed by atoms with van der Waals surface area (Å²) in [5.41, 5.74) is 14.6. The predicted octanol–water partition coefficient (Wildman–Crippen LogP) is 11.9. The van der Waals surface area contributed by atoms with E-state index in [2.05, 4.69) is 151 Å². The molecule has 0 spiro atoms. The normalized spacial score (nSPS) is 11.5. The van der Waals surface area contributed by atoms with E-state index < -0.39 is 0 Å². The van der Waals surface area contributed by atoms with Crippen molar-refractivity contribution < 1.29 is 4.42 Å². The molecule has 3 nitrogen and oxygen atoms in total. The Bertz CT molecular complexity index is 2540. The van der Waals surface area contributed by atoms with Crippen LogP contribution in [0.1, 0.15) is 5.56 Å². The number of benzene rings is 7. The van der Waals surface area contributed by atoms with Crippen LogP contribution in [0.3, 0.4) is 0 Å². The SMILES string of the molecule is Cc1ccc(-n2c3ccccc3c3cc(-c4ccccc4-c4ccccc4-c4ccc(-c5nc6ccccc6o5)cc4)ccc32)cc1. The maximum absolute atomic E-state index is 6.03. The van der Waals surface area contributed by atoms with E-state index in [-0.39, 0.29) is 0 Å². The third-order valence-electron chi connectivity index (χ3n) is 9.16. The molecule has 0 amide bonds. The monoisotopic (exact) mass is 602 g/mol. The number of fused-ring (bicyclic) bond motifs is 4. The van der Waals surface area contributed by atoms with Crippen molar-refractivity contribution in [1.29, 1.82) is 0 Å². The Morgan fingerprint density at radius 3 is 1.79 bits per heavy atom. The molecule has 0 saturated heterocycles. The number of para-hydroxylation sites is 3. The van der Waals surface area contributed by atoms with Crippen molar-refractivity contribution in [3.63, 3.8) is 0 Å². The van der Waals surface area contributed by atoms with Crippen LogP contribution >= 0.6 is 0 Å². The van der Waals surface area contributed by atoms with E-state index in [1.165, 1.54) is 60.9 Å². The van der Waals surface area contributed by atoms with Gasteiger partial charge in [0.25, 0.3) is 0 Å². The first-order chi connectivity index (χ1) is 23.2. The summed E-state index contributed by atoms with van der Waals surface area (Å²) in [6.45, 7) is 2.13. The van der Waals surface area contributed by atoms with Crippen LogP contribution in [0.5, 0.6) is 0 Å². The lowest BCUT2D eigenvalue weighted by Gasteiger charge is -2.15. The fourth-order valence-corrected chi connectivity index (χ4v) is 6.84. The molecule has 0 unspecified atom stereocenters. The molecule has 0 N–H and O–H groups in total. The van der Waals surface area contributed by atoms with Crippen molar-refractivity contribution >= 4 is 32.9 Å². The van der Waals surface area contributed by atoms with Crippen LogP contribution in [0.25, 0.3) is 83.4 Å². The predicted molar refractivity (Wildman–Crippen MR) is 195 cm³/mol. The van der Waals surface area contributed by atoms with E-state index >= 15 is 0 Å². The van der Waals surface area contributed by atoms with Gasteiger partial charge in [-0.25, -0.2) is 4.98 Å². The number of rotatable bonds is 5. The molecular formula is C44H30N2O. The van der Waals surface area contributed by atoms with Crippen LogP contribution in [0.15, 0.2) is 168 Å². The van der Waals surface area contributed by atoms with Crippen LogP contribution in [-0.2, 0) is 0 Å². The zero-order valence-corrected chi connectivity index (χ0v) is 25.9. The third-order valence-corrected chi connectivity index (χ3v) is 9.16. The lowest BCUT2D eigenvalue weighted by Crippen LogP contribution is -1.93. The lowest BCUT2D eigenvalue weighted by molar-refractivity contribution is 0.620. The maximum atomic E-state index is 6.03. The molecule has 0 aliphatic rings. The molecule has 9 aromatic rings. The molecule has 0 radical (unpaired) electrons. The minimum atomic E-state index is 0.635. The van der Waals surface area contributed by atoms with Gasteiger partial charge in [0.05, 0.1) is 11.0 Å². The second-order valence-corrected chi connectivity index (χ2v) is 12.1. The first kappa shape index (κ1) is 27.1. The summed E-state index contributed by atoms with van der Waals surface area (Å²) in [7, 11) is 0. The number of oxazole rings is 1. The maximum Gasteiger partial charge on any atom is 0.227 e. The van der Waals surface area contributed by atoms with Gasteiger partial charge in [0.2, 0.25) is 5.89 Å². The molecule has 9 rings (SSSR count). The van der Waals surface area contributed by atoms with Gasteiger partial charge < -0.3 is 8.98 Å². The molecule has 0 bridgehead atoms. The largest absolute Gasteiger partial charge is 0.436 e. The molecular weight excluding hydrogens is 572 g/mol. The Kier molecular flexibility index (Phi) is 6.36. The number of aryl methyl sites for hydroxylation is 1. The van der Waals surface area contributed by atoms with E-state index in [0.29, 0.717) is 5.89 Å². The highest BCUT2D eigenvalue weighted by Gasteiger charge is 2.16. The minimum absolute atomic E-state index is 0.635. The molecule has 222 valence electrons. The minimum Gasteiger partial charge on any atom is -0.436 e. The Hall–Kier alpha value is -6.19. The first-order valence-corrected chi connectivity index (χ1v) is 16.0. The van der Waals surface area contributed by atoms with Gasteiger partial charge in [-0.05, 0) is 94.9 Å². The lowest BCUT2D eigenvalue weighted by atomic mass is 9.89. The fraction of sp³-hybridized carbons (Fsp3) is 0.0227. The van der Waals surface area contributed by atoms with Crippen molar-refractivity contribution in [1.82, 2.24) is 9.55 Å². The van der Waals surface area contributed by atoms with Gasteiger partial charge in [0.15, 0.2) is 5.58 Å². The van der Waals surface area contributed by atoms with E-state index in [4.69, 9.17) is 9.40 Å². The first-order valence-electron chi connectivity index (χ1n) is 16.0. The van der Waals surface area contributed by atoms with Gasteiger partial charge in [-0.15, -0.1) is 0 Å². The summed E-state index contributed by atoms with van der Waals surface area (Å²) in [5, 5.41) is 2.50. The van der Waals surface area contributed by atoms with Gasteiger partial charge >= 0.3 is 0 Å².